The molecule has 3 aliphatic rings. The monoisotopic (exact) mass is 575 g/mol. The number of amides is 1. The minimum Gasteiger partial charge on any atom is -0.474 e. The number of rotatable bonds is 8. The third kappa shape index (κ3) is 7.39. The van der Waals surface area contributed by atoms with E-state index in [1.54, 1.807) is 0 Å². The zero-order chi connectivity index (χ0) is 29.0. The van der Waals surface area contributed by atoms with Crippen molar-refractivity contribution in [3.8, 4) is 5.88 Å². The van der Waals surface area contributed by atoms with Crippen LogP contribution in [0.2, 0.25) is 0 Å². The number of nitrogens with zero attached hydrogens (tertiary/aromatic N) is 4. The number of nitro benzene ring substituents is 1. The van der Waals surface area contributed by atoms with Crippen molar-refractivity contribution in [3.63, 3.8) is 0 Å². The number of benzene rings is 1. The van der Waals surface area contributed by atoms with Crippen LogP contribution in [0.4, 0.5) is 30.4 Å². The normalized spacial score (nSPS) is 22.0. The molecule has 2 heterocycles. The summed E-state index contributed by atoms with van der Waals surface area (Å²) in [4.78, 5) is 31.5. The quantitative estimate of drug-likeness (QED) is 0.303. The third-order valence-corrected chi connectivity index (χ3v) is 8.43. The number of pyridine rings is 1. The van der Waals surface area contributed by atoms with Crippen LogP contribution in [0, 0.1) is 16.0 Å². The first-order valence-electron chi connectivity index (χ1n) is 14.4. The summed E-state index contributed by atoms with van der Waals surface area (Å²) in [6.45, 7) is 2.83. The predicted molar refractivity (Wildman–Crippen MR) is 148 cm³/mol. The fraction of sp³-hybridized carbons (Fsp3) is 0.586. The zero-order valence-corrected chi connectivity index (χ0v) is 22.9. The van der Waals surface area contributed by atoms with Crippen molar-refractivity contribution in [3.05, 3.63) is 52.1 Å². The molecular formula is C29H36F3N5O4. The summed E-state index contributed by atoms with van der Waals surface area (Å²) in [6.07, 6.45) is 3.36. The van der Waals surface area contributed by atoms with E-state index in [1.165, 1.54) is 31.7 Å². The van der Waals surface area contributed by atoms with Crippen LogP contribution in [0.5, 0.6) is 5.88 Å². The van der Waals surface area contributed by atoms with Gasteiger partial charge in [0.15, 0.2) is 0 Å². The van der Waals surface area contributed by atoms with Gasteiger partial charge in [0.05, 0.1) is 4.92 Å². The number of hydrogen-bond donors (Lipinski definition) is 1. The SMILES string of the molecule is O=C(CC1CCCC1)N1CCN(c2cccc(OC3CCC(Nc4ccc([N+](=O)[O-])c(C(F)(F)F)c4)CC3)n2)CC1. The van der Waals surface area contributed by atoms with Crippen molar-refractivity contribution in [2.75, 3.05) is 36.4 Å². The second-order valence-electron chi connectivity index (χ2n) is 11.3. The van der Waals surface area contributed by atoms with Crippen molar-refractivity contribution in [2.24, 2.45) is 5.92 Å². The molecular weight excluding hydrogens is 539 g/mol. The molecule has 1 N–H and O–H groups in total. The van der Waals surface area contributed by atoms with Gasteiger partial charge in [0.1, 0.15) is 17.5 Å². The maximum Gasteiger partial charge on any atom is 0.423 e. The smallest absolute Gasteiger partial charge is 0.423 e. The molecule has 2 aromatic rings. The second kappa shape index (κ2) is 12.5. The van der Waals surface area contributed by atoms with Gasteiger partial charge < -0.3 is 19.9 Å². The Kier molecular flexibility index (Phi) is 8.84. The van der Waals surface area contributed by atoms with E-state index in [1.807, 2.05) is 23.1 Å². The number of nitrogens with one attached hydrogen (secondary N) is 1. The Morgan fingerprint density at radius 1 is 1.02 bits per heavy atom. The minimum atomic E-state index is -4.81. The number of ether oxygens (including phenoxy) is 1. The zero-order valence-electron chi connectivity index (χ0n) is 22.9. The number of piperazine rings is 1. The number of carbonyl (C=O) groups excluding carboxylic acids is 1. The maximum atomic E-state index is 13.3. The van der Waals surface area contributed by atoms with Gasteiger partial charge in [-0.15, -0.1) is 0 Å². The van der Waals surface area contributed by atoms with Gasteiger partial charge in [0.2, 0.25) is 11.8 Å². The lowest BCUT2D eigenvalue weighted by Crippen LogP contribution is -2.49. The lowest BCUT2D eigenvalue weighted by Gasteiger charge is -2.36. The van der Waals surface area contributed by atoms with Gasteiger partial charge >= 0.3 is 6.18 Å². The topological polar surface area (TPSA) is 101 Å². The number of alkyl halides is 3. The molecule has 0 radical (unpaired) electrons. The lowest BCUT2D eigenvalue weighted by atomic mass is 9.92. The summed E-state index contributed by atoms with van der Waals surface area (Å²) >= 11 is 0. The Hall–Kier alpha value is -3.57. The van der Waals surface area contributed by atoms with E-state index < -0.39 is 22.4 Å². The molecule has 222 valence electrons. The number of anilines is 2. The third-order valence-electron chi connectivity index (χ3n) is 8.43. The molecule has 1 aromatic heterocycles. The molecule has 3 fully saturated rings. The summed E-state index contributed by atoms with van der Waals surface area (Å²) in [5.74, 6) is 2.16. The van der Waals surface area contributed by atoms with Crippen molar-refractivity contribution >= 4 is 23.1 Å². The summed E-state index contributed by atoms with van der Waals surface area (Å²) < 4.78 is 46.1. The fourth-order valence-electron chi connectivity index (χ4n) is 6.16. The van der Waals surface area contributed by atoms with E-state index in [0.29, 0.717) is 57.0 Å². The van der Waals surface area contributed by atoms with Crippen LogP contribution in [0.1, 0.15) is 63.4 Å². The number of hydrogen-bond acceptors (Lipinski definition) is 7. The molecule has 0 atom stereocenters. The molecule has 41 heavy (non-hydrogen) atoms. The Balaban J connectivity index is 1.09. The Labute approximate surface area is 237 Å². The number of halogens is 3. The van der Waals surface area contributed by atoms with E-state index in [0.717, 1.165) is 31.0 Å². The number of aromatic nitrogens is 1. The second-order valence-corrected chi connectivity index (χ2v) is 11.3. The van der Waals surface area contributed by atoms with Gasteiger partial charge in [0.25, 0.3) is 5.69 Å². The molecule has 12 heteroatoms. The summed E-state index contributed by atoms with van der Waals surface area (Å²) in [5.41, 5.74) is -2.00. The van der Waals surface area contributed by atoms with Crippen LogP contribution in [0.3, 0.4) is 0 Å². The molecule has 1 aliphatic heterocycles. The van der Waals surface area contributed by atoms with Crippen LogP contribution in [-0.4, -0.2) is 59.0 Å². The Morgan fingerprint density at radius 2 is 1.73 bits per heavy atom. The summed E-state index contributed by atoms with van der Waals surface area (Å²) in [6, 6.07) is 8.64. The van der Waals surface area contributed by atoms with Crippen molar-refractivity contribution in [1.82, 2.24) is 9.88 Å². The van der Waals surface area contributed by atoms with Gasteiger partial charge in [-0.2, -0.15) is 18.2 Å². The largest absolute Gasteiger partial charge is 0.474 e. The lowest BCUT2D eigenvalue weighted by molar-refractivity contribution is -0.388. The number of carbonyl (C=O) groups is 1. The van der Waals surface area contributed by atoms with Crippen LogP contribution in [0.25, 0.3) is 0 Å². The first-order valence-corrected chi connectivity index (χ1v) is 14.4. The fourth-order valence-corrected chi connectivity index (χ4v) is 6.16. The molecule has 0 spiro atoms. The van der Waals surface area contributed by atoms with E-state index >= 15 is 0 Å². The molecule has 0 unspecified atom stereocenters. The van der Waals surface area contributed by atoms with Crippen LogP contribution in [0.15, 0.2) is 36.4 Å². The van der Waals surface area contributed by atoms with E-state index in [-0.39, 0.29) is 23.7 Å². The van der Waals surface area contributed by atoms with Gasteiger partial charge in [-0.1, -0.05) is 18.9 Å². The average molecular weight is 576 g/mol. The highest BCUT2D eigenvalue weighted by atomic mass is 19.4. The highest BCUT2D eigenvalue weighted by Crippen LogP contribution is 2.38. The molecule has 9 nitrogen and oxygen atoms in total. The maximum absolute atomic E-state index is 13.3. The summed E-state index contributed by atoms with van der Waals surface area (Å²) in [7, 11) is 0. The molecule has 0 bridgehead atoms. The first kappa shape index (κ1) is 28.9. The summed E-state index contributed by atoms with van der Waals surface area (Å²) in [5, 5.41) is 14.1. The van der Waals surface area contributed by atoms with E-state index in [2.05, 4.69) is 10.2 Å². The highest BCUT2D eigenvalue weighted by molar-refractivity contribution is 5.76. The van der Waals surface area contributed by atoms with E-state index in [4.69, 9.17) is 9.72 Å². The molecule has 1 amide bonds. The van der Waals surface area contributed by atoms with Crippen molar-refractivity contribution in [2.45, 2.75) is 76.1 Å². The molecule has 1 saturated heterocycles. The van der Waals surface area contributed by atoms with Gasteiger partial charge in [-0.25, -0.2) is 0 Å². The standard InChI is InChI=1S/C29H36F3N5O4/c30-29(31,32)24-19-22(10-13-25(24)37(39)40)33-21-8-11-23(12-9-21)41-27-7-3-6-26(34-27)35-14-16-36(17-15-35)28(38)18-20-4-1-2-5-20/h3,6-7,10,13,19-21,23,33H,1-2,4-5,8-9,11-12,14-18H2. The van der Waals surface area contributed by atoms with Gasteiger partial charge in [0, 0.05) is 56.5 Å². The van der Waals surface area contributed by atoms with Crippen molar-refractivity contribution < 1.29 is 27.6 Å². The van der Waals surface area contributed by atoms with Crippen molar-refractivity contribution in [1.29, 1.82) is 0 Å². The first-order chi connectivity index (χ1) is 19.7. The molecule has 2 aliphatic carbocycles. The molecule has 5 rings (SSSR count). The minimum absolute atomic E-state index is 0.0654. The number of nitro groups is 1. The van der Waals surface area contributed by atoms with Crippen LogP contribution < -0.4 is 15.0 Å². The Morgan fingerprint density at radius 3 is 2.39 bits per heavy atom. The highest BCUT2D eigenvalue weighted by Gasteiger charge is 2.38. The molecule has 1 aromatic carbocycles. The van der Waals surface area contributed by atoms with Crippen LogP contribution in [-0.2, 0) is 11.0 Å². The van der Waals surface area contributed by atoms with E-state index in [9.17, 15) is 28.1 Å². The molecule has 2 saturated carbocycles. The Bertz CT molecular complexity index is 1220. The van der Waals surface area contributed by atoms with Gasteiger partial charge in [-0.05, 0) is 62.6 Å². The predicted octanol–water partition coefficient (Wildman–Crippen LogP) is 6.04. The van der Waals surface area contributed by atoms with Gasteiger partial charge in [-0.3, -0.25) is 14.9 Å². The average Bonchev–Trinajstić information content (AvgIpc) is 3.47. The van der Waals surface area contributed by atoms with Crippen LogP contribution >= 0.6 is 0 Å².